The molecule has 0 radical (unpaired) electrons. The van der Waals surface area contributed by atoms with Crippen LogP contribution in [0.2, 0.25) is 0 Å². The number of ketones is 3. The Morgan fingerprint density at radius 2 is 0.767 bits per heavy atom. The van der Waals surface area contributed by atoms with Crippen LogP contribution in [0.1, 0.15) is 147 Å². The second kappa shape index (κ2) is 24.3. The van der Waals surface area contributed by atoms with Crippen molar-refractivity contribution < 1.29 is 14.4 Å². The van der Waals surface area contributed by atoms with E-state index in [9.17, 15) is 14.4 Å². The molecular formula is C27H66O3. The summed E-state index contributed by atoms with van der Waals surface area (Å²) >= 11 is 0. The fraction of sp³-hybridized carbons (Fsp3) is 0.889. The first-order chi connectivity index (χ1) is 10.4. The average Bonchev–Trinajstić information content (AvgIpc) is 2.36. The smallest absolute Gasteiger partial charge is 0.138 e. The molecule has 0 saturated heterocycles. The molecule has 0 saturated carbocycles. The van der Waals surface area contributed by atoms with Gasteiger partial charge in [-0.25, -0.2) is 0 Å². The molecule has 0 aliphatic rings. The molecule has 3 nitrogen and oxygen atoms in total. The van der Waals surface area contributed by atoms with E-state index < -0.39 is 0 Å². The molecule has 3 heteroatoms. The molecule has 0 unspecified atom stereocenters. The van der Waals surface area contributed by atoms with Crippen LogP contribution in [0, 0.1) is 16.2 Å². The van der Waals surface area contributed by atoms with Gasteiger partial charge in [-0.3, -0.25) is 14.4 Å². The van der Waals surface area contributed by atoms with Gasteiger partial charge in [0.15, 0.2) is 0 Å². The van der Waals surface area contributed by atoms with Crippen molar-refractivity contribution in [3.8, 4) is 0 Å². The quantitative estimate of drug-likeness (QED) is 0.440. The molecule has 0 aliphatic heterocycles. The van der Waals surface area contributed by atoms with Gasteiger partial charge in [0, 0.05) is 29.1 Å². The van der Waals surface area contributed by atoms with E-state index in [0.29, 0.717) is 18.0 Å². The lowest BCUT2D eigenvalue weighted by Crippen LogP contribution is -2.19. The van der Waals surface area contributed by atoms with Gasteiger partial charge in [0.1, 0.15) is 17.3 Å². The third-order valence-corrected chi connectivity index (χ3v) is 3.53. The average molecular weight is 439 g/mol. The van der Waals surface area contributed by atoms with Crippen molar-refractivity contribution in [3.63, 3.8) is 0 Å². The van der Waals surface area contributed by atoms with Crippen LogP contribution in [-0.2, 0) is 14.4 Å². The Balaban J connectivity index is -0.0000000288. The fourth-order valence-corrected chi connectivity index (χ4v) is 1.13. The van der Waals surface area contributed by atoms with Gasteiger partial charge in [-0.15, -0.1) is 0 Å². The van der Waals surface area contributed by atoms with E-state index >= 15 is 0 Å². The predicted octanol–water partition coefficient (Wildman–Crippen LogP) is 9.85. The Labute approximate surface area is 195 Å². The summed E-state index contributed by atoms with van der Waals surface area (Å²) in [6.07, 6.45) is 2.35. The normalized spacial score (nSPS) is 9.20. The molecule has 0 rings (SSSR count). The van der Waals surface area contributed by atoms with Crippen molar-refractivity contribution in [3.05, 3.63) is 0 Å². The van der Waals surface area contributed by atoms with Crippen molar-refractivity contribution in [2.24, 2.45) is 16.2 Å². The summed E-state index contributed by atoms with van der Waals surface area (Å²) in [5.74, 6) is 0.940. The molecule has 0 N–H and O–H groups in total. The standard InChI is InChI=1S/C8H16O.C7H14O.C6H12O.6CH4/c1-5-6-7(9)8(2,3)4;1-5-6(8)7(2,3)4;1-5(7)6(2,3)4;;;;;;/h5-6H2,1-4H3;5H2,1-4H3;1-4H3;6*1H4. The Morgan fingerprint density at radius 1 is 0.533 bits per heavy atom. The largest absolute Gasteiger partial charge is 0.299 e. The van der Waals surface area contributed by atoms with Gasteiger partial charge in [-0.2, -0.15) is 0 Å². The number of rotatable bonds is 3. The highest BCUT2D eigenvalue weighted by atomic mass is 16.1. The molecule has 0 heterocycles. The van der Waals surface area contributed by atoms with E-state index in [4.69, 9.17) is 0 Å². The maximum absolute atomic E-state index is 11.1. The molecule has 0 aromatic rings. The van der Waals surface area contributed by atoms with Crippen LogP contribution < -0.4 is 0 Å². The summed E-state index contributed by atoms with van der Waals surface area (Å²) in [4.78, 5) is 32.4. The van der Waals surface area contributed by atoms with E-state index in [1.165, 1.54) is 0 Å². The van der Waals surface area contributed by atoms with Crippen LogP contribution in [0.4, 0.5) is 0 Å². The Morgan fingerprint density at radius 3 is 0.800 bits per heavy atom. The van der Waals surface area contributed by atoms with Gasteiger partial charge in [0.05, 0.1) is 0 Å². The minimum Gasteiger partial charge on any atom is -0.299 e. The molecule has 0 bridgehead atoms. The summed E-state index contributed by atoms with van der Waals surface area (Å²) in [5, 5.41) is 0. The third-order valence-electron chi connectivity index (χ3n) is 3.53. The van der Waals surface area contributed by atoms with E-state index in [-0.39, 0.29) is 66.6 Å². The van der Waals surface area contributed by atoms with Crippen LogP contribution in [0.25, 0.3) is 0 Å². The molecular weight excluding hydrogens is 372 g/mol. The van der Waals surface area contributed by atoms with Crippen LogP contribution in [0.3, 0.4) is 0 Å². The third kappa shape index (κ3) is 37.7. The number of hydrogen-bond acceptors (Lipinski definition) is 3. The van der Waals surface area contributed by atoms with E-state index in [1.54, 1.807) is 6.92 Å². The van der Waals surface area contributed by atoms with Crippen molar-refractivity contribution in [2.45, 2.75) is 147 Å². The maximum atomic E-state index is 11.1. The van der Waals surface area contributed by atoms with Gasteiger partial charge in [0.2, 0.25) is 0 Å². The molecule has 192 valence electrons. The van der Waals surface area contributed by atoms with Crippen LogP contribution in [0.15, 0.2) is 0 Å². The predicted molar refractivity (Wildman–Crippen MR) is 145 cm³/mol. The molecule has 0 aromatic heterocycles. The van der Waals surface area contributed by atoms with Crippen molar-refractivity contribution in [1.29, 1.82) is 0 Å². The topological polar surface area (TPSA) is 51.2 Å². The monoisotopic (exact) mass is 439 g/mol. The van der Waals surface area contributed by atoms with Crippen LogP contribution in [0.5, 0.6) is 0 Å². The Bertz CT molecular complexity index is 386. The lowest BCUT2D eigenvalue weighted by atomic mass is 9.88. The van der Waals surface area contributed by atoms with Crippen LogP contribution in [-0.4, -0.2) is 17.3 Å². The molecule has 0 aromatic carbocycles. The summed E-state index contributed by atoms with van der Waals surface area (Å²) in [6.45, 7) is 23.0. The first kappa shape index (κ1) is 56.8. The minimum absolute atomic E-state index is 0. The number of carbonyl (C=O) groups is 3. The number of Topliss-reactive ketones (excluding diaryl/α,β-unsaturated/α-hetero) is 3. The van der Waals surface area contributed by atoms with Gasteiger partial charge < -0.3 is 0 Å². The second-order valence-electron chi connectivity index (χ2n) is 9.26. The first-order valence-electron chi connectivity index (χ1n) is 8.98. The lowest BCUT2D eigenvalue weighted by molar-refractivity contribution is -0.126. The fourth-order valence-electron chi connectivity index (χ4n) is 1.13. The molecule has 0 aliphatic carbocycles. The lowest BCUT2D eigenvalue weighted by Gasteiger charge is -2.15. The van der Waals surface area contributed by atoms with E-state index in [0.717, 1.165) is 12.8 Å². The van der Waals surface area contributed by atoms with E-state index in [2.05, 4.69) is 0 Å². The summed E-state index contributed by atoms with van der Waals surface area (Å²) in [5.41, 5.74) is -0.398. The highest BCUT2D eigenvalue weighted by Gasteiger charge is 2.19. The molecule has 30 heavy (non-hydrogen) atoms. The van der Waals surface area contributed by atoms with Gasteiger partial charge in [0.25, 0.3) is 0 Å². The highest BCUT2D eigenvalue weighted by molar-refractivity contribution is 5.83. The van der Waals surface area contributed by atoms with Gasteiger partial charge in [-0.05, 0) is 13.3 Å². The van der Waals surface area contributed by atoms with Gasteiger partial charge in [-0.1, -0.05) is 121 Å². The molecule has 0 fully saturated rings. The maximum Gasteiger partial charge on any atom is 0.138 e. The molecule has 0 atom stereocenters. The summed E-state index contributed by atoms with van der Waals surface area (Å²) < 4.78 is 0. The molecule has 0 amide bonds. The SMILES string of the molecule is C.C.C.C.C.C.CC(=O)C(C)(C)C.CCC(=O)C(C)(C)C.CCCC(=O)C(C)(C)C. The zero-order valence-corrected chi connectivity index (χ0v) is 18.3. The second-order valence-corrected chi connectivity index (χ2v) is 9.26. The molecule has 0 spiro atoms. The Kier molecular flexibility index (Phi) is 46.0. The zero-order valence-electron chi connectivity index (χ0n) is 18.3. The van der Waals surface area contributed by atoms with E-state index in [1.807, 2.05) is 76.2 Å². The van der Waals surface area contributed by atoms with Crippen molar-refractivity contribution >= 4 is 17.3 Å². The Hall–Kier alpha value is -0.990. The van der Waals surface area contributed by atoms with Crippen molar-refractivity contribution in [2.75, 3.05) is 0 Å². The van der Waals surface area contributed by atoms with Crippen LogP contribution >= 0.6 is 0 Å². The number of hydrogen-bond donors (Lipinski definition) is 0. The van der Waals surface area contributed by atoms with Crippen molar-refractivity contribution in [1.82, 2.24) is 0 Å². The summed E-state index contributed by atoms with van der Waals surface area (Å²) in [7, 11) is 0. The summed E-state index contributed by atoms with van der Waals surface area (Å²) in [6, 6.07) is 0. The van der Waals surface area contributed by atoms with Gasteiger partial charge >= 0.3 is 0 Å². The highest BCUT2D eigenvalue weighted by Crippen LogP contribution is 2.17. The number of carbonyl (C=O) groups excluding carboxylic acids is 3. The first-order valence-corrected chi connectivity index (χ1v) is 8.98. The minimum atomic E-state index is -0.139. The zero-order chi connectivity index (χ0) is 20.4.